The number of fused-ring (bicyclic) bond motifs is 2. The number of rotatable bonds is 0. The third kappa shape index (κ3) is 1.31. The van der Waals surface area contributed by atoms with Crippen LogP contribution in [0.15, 0.2) is 29.1 Å². The maximum absolute atomic E-state index is 5.21. The molecule has 0 bridgehead atoms. The molecule has 0 spiro atoms. The summed E-state index contributed by atoms with van der Waals surface area (Å²) in [5.74, 6) is 1.59. The van der Waals surface area contributed by atoms with Gasteiger partial charge in [0, 0.05) is 10.8 Å². The summed E-state index contributed by atoms with van der Waals surface area (Å²) in [6, 6.07) is 3.84. The Hall–Kier alpha value is -1.64. The van der Waals surface area contributed by atoms with E-state index in [1.54, 1.807) is 12.5 Å². The molecular formula is C11H12O3. The monoisotopic (exact) mass is 192 g/mol. The van der Waals surface area contributed by atoms with Crippen LogP contribution in [0.1, 0.15) is 13.8 Å². The van der Waals surface area contributed by atoms with Crippen LogP contribution >= 0.6 is 0 Å². The van der Waals surface area contributed by atoms with Crippen LogP contribution < -0.4 is 9.47 Å². The Kier molecular flexibility index (Phi) is 2.31. The van der Waals surface area contributed by atoms with Crippen molar-refractivity contribution in [1.29, 1.82) is 0 Å². The van der Waals surface area contributed by atoms with Crippen LogP contribution in [0.25, 0.3) is 10.8 Å². The zero-order chi connectivity index (χ0) is 9.97. The van der Waals surface area contributed by atoms with E-state index in [9.17, 15) is 0 Å². The first-order chi connectivity index (χ1) is 6.93. The van der Waals surface area contributed by atoms with Crippen molar-refractivity contribution in [1.82, 2.24) is 0 Å². The second kappa shape index (κ2) is 3.62. The summed E-state index contributed by atoms with van der Waals surface area (Å²) in [7, 11) is 0. The minimum atomic E-state index is 0.319. The lowest BCUT2D eigenvalue weighted by atomic mass is 10.2. The van der Waals surface area contributed by atoms with Crippen LogP contribution in [0.4, 0.5) is 0 Å². The quantitative estimate of drug-likeness (QED) is 0.642. The highest BCUT2D eigenvalue weighted by atomic mass is 16.7. The summed E-state index contributed by atoms with van der Waals surface area (Å²) < 4.78 is 15.5. The molecule has 0 atom stereocenters. The van der Waals surface area contributed by atoms with E-state index in [4.69, 9.17) is 13.9 Å². The van der Waals surface area contributed by atoms with E-state index < -0.39 is 0 Å². The minimum Gasteiger partial charge on any atom is -0.471 e. The van der Waals surface area contributed by atoms with E-state index in [2.05, 4.69) is 0 Å². The van der Waals surface area contributed by atoms with Crippen molar-refractivity contribution < 1.29 is 13.9 Å². The minimum absolute atomic E-state index is 0.319. The Labute approximate surface area is 82.2 Å². The van der Waals surface area contributed by atoms with Crippen molar-refractivity contribution >= 4 is 10.8 Å². The Morgan fingerprint density at radius 2 is 1.43 bits per heavy atom. The fourth-order valence-electron chi connectivity index (χ4n) is 1.36. The Balaban J connectivity index is 0.000000354. The fourth-order valence-corrected chi connectivity index (χ4v) is 1.36. The molecule has 2 aromatic rings. The molecule has 3 rings (SSSR count). The molecule has 1 aliphatic rings. The maximum Gasteiger partial charge on any atom is 0.231 e. The number of hydrogen-bond acceptors (Lipinski definition) is 3. The van der Waals surface area contributed by atoms with Crippen molar-refractivity contribution in [2.45, 2.75) is 13.8 Å². The van der Waals surface area contributed by atoms with Crippen LogP contribution in [-0.2, 0) is 0 Å². The first-order valence-corrected chi connectivity index (χ1v) is 4.69. The summed E-state index contributed by atoms with van der Waals surface area (Å²) in [6.45, 7) is 4.32. The van der Waals surface area contributed by atoms with Crippen molar-refractivity contribution in [2.24, 2.45) is 0 Å². The summed E-state index contributed by atoms with van der Waals surface area (Å²) >= 11 is 0. The largest absolute Gasteiger partial charge is 0.471 e. The van der Waals surface area contributed by atoms with Gasteiger partial charge in [0.25, 0.3) is 0 Å². The molecule has 0 aliphatic carbocycles. The average molecular weight is 192 g/mol. The summed E-state index contributed by atoms with van der Waals surface area (Å²) in [5.41, 5.74) is 0. The fraction of sp³-hybridized carbons (Fsp3) is 0.273. The zero-order valence-corrected chi connectivity index (χ0v) is 8.24. The standard InChI is InChI=1S/C9H6O3.C2H6/c1-6-3-10-4-7(6)2-9-8(1)11-5-12-9;1-2/h1-4H,5H2;1-2H3. The molecular weight excluding hydrogens is 180 g/mol. The highest BCUT2D eigenvalue weighted by molar-refractivity contribution is 5.85. The maximum atomic E-state index is 5.21. The van der Waals surface area contributed by atoms with Gasteiger partial charge >= 0.3 is 0 Å². The molecule has 1 aromatic heterocycles. The molecule has 1 aliphatic heterocycles. The highest BCUT2D eigenvalue weighted by Gasteiger charge is 2.14. The number of furan rings is 1. The van der Waals surface area contributed by atoms with Gasteiger partial charge < -0.3 is 13.9 Å². The van der Waals surface area contributed by atoms with E-state index >= 15 is 0 Å². The van der Waals surface area contributed by atoms with Crippen molar-refractivity contribution in [3.8, 4) is 11.5 Å². The van der Waals surface area contributed by atoms with Gasteiger partial charge in [-0.15, -0.1) is 0 Å². The van der Waals surface area contributed by atoms with Gasteiger partial charge in [0.2, 0.25) is 6.79 Å². The van der Waals surface area contributed by atoms with Crippen molar-refractivity contribution in [2.75, 3.05) is 6.79 Å². The summed E-state index contributed by atoms with van der Waals surface area (Å²) in [4.78, 5) is 0. The zero-order valence-electron chi connectivity index (χ0n) is 8.24. The Morgan fingerprint density at radius 1 is 0.929 bits per heavy atom. The lowest BCUT2D eigenvalue weighted by molar-refractivity contribution is 0.174. The van der Waals surface area contributed by atoms with E-state index in [-0.39, 0.29) is 0 Å². The third-order valence-corrected chi connectivity index (χ3v) is 1.97. The molecule has 74 valence electrons. The van der Waals surface area contributed by atoms with Gasteiger partial charge in [0.15, 0.2) is 11.5 Å². The molecule has 0 saturated carbocycles. The first-order valence-electron chi connectivity index (χ1n) is 4.69. The summed E-state index contributed by atoms with van der Waals surface area (Å²) in [6.07, 6.45) is 3.38. The predicted octanol–water partition coefficient (Wildman–Crippen LogP) is 3.19. The molecule has 0 radical (unpaired) electrons. The van der Waals surface area contributed by atoms with Crippen LogP contribution in [0, 0.1) is 0 Å². The van der Waals surface area contributed by atoms with E-state index in [0.29, 0.717) is 6.79 Å². The van der Waals surface area contributed by atoms with Gasteiger partial charge in [-0.1, -0.05) is 13.8 Å². The second-order valence-corrected chi connectivity index (χ2v) is 2.71. The van der Waals surface area contributed by atoms with Crippen LogP contribution in [0.2, 0.25) is 0 Å². The molecule has 0 unspecified atom stereocenters. The third-order valence-electron chi connectivity index (χ3n) is 1.97. The number of ether oxygens (including phenoxy) is 2. The normalized spacial score (nSPS) is 12.4. The molecule has 0 amide bonds. The van der Waals surface area contributed by atoms with Gasteiger partial charge in [-0.2, -0.15) is 0 Å². The van der Waals surface area contributed by atoms with Gasteiger partial charge in [0.1, 0.15) is 0 Å². The highest BCUT2D eigenvalue weighted by Crippen LogP contribution is 2.36. The molecule has 0 fully saturated rings. The molecule has 0 saturated heterocycles. The van der Waals surface area contributed by atoms with E-state index in [1.807, 2.05) is 26.0 Å². The van der Waals surface area contributed by atoms with Crippen molar-refractivity contribution in [3.63, 3.8) is 0 Å². The Morgan fingerprint density at radius 3 is 1.93 bits per heavy atom. The van der Waals surface area contributed by atoms with E-state index in [1.165, 1.54) is 0 Å². The molecule has 2 heterocycles. The lowest BCUT2D eigenvalue weighted by Crippen LogP contribution is -1.92. The first kappa shape index (κ1) is 8.94. The molecule has 3 nitrogen and oxygen atoms in total. The average Bonchev–Trinajstić information content (AvgIpc) is 2.83. The van der Waals surface area contributed by atoms with E-state index in [0.717, 1.165) is 22.3 Å². The van der Waals surface area contributed by atoms with Crippen LogP contribution in [-0.4, -0.2) is 6.79 Å². The van der Waals surface area contributed by atoms with Gasteiger partial charge in [-0.25, -0.2) is 0 Å². The van der Waals surface area contributed by atoms with Gasteiger partial charge in [-0.05, 0) is 12.1 Å². The molecule has 1 aromatic carbocycles. The van der Waals surface area contributed by atoms with Gasteiger partial charge in [0.05, 0.1) is 12.5 Å². The SMILES string of the molecule is CC.c1occ2cc3c(cc12)OCO3. The topological polar surface area (TPSA) is 31.6 Å². The smallest absolute Gasteiger partial charge is 0.231 e. The predicted molar refractivity (Wildman–Crippen MR) is 53.7 cm³/mol. The lowest BCUT2D eigenvalue weighted by Gasteiger charge is -1.93. The van der Waals surface area contributed by atoms with Crippen LogP contribution in [0.3, 0.4) is 0 Å². The molecule has 14 heavy (non-hydrogen) atoms. The van der Waals surface area contributed by atoms with Gasteiger partial charge in [-0.3, -0.25) is 0 Å². The number of benzene rings is 1. The molecule has 3 heteroatoms. The molecule has 0 N–H and O–H groups in total. The Bertz CT molecular complexity index is 393. The van der Waals surface area contributed by atoms with Crippen LogP contribution in [0.5, 0.6) is 11.5 Å². The second-order valence-electron chi connectivity index (χ2n) is 2.71. The van der Waals surface area contributed by atoms with Crippen molar-refractivity contribution in [3.05, 3.63) is 24.7 Å². The number of hydrogen-bond donors (Lipinski definition) is 0. The summed E-state index contributed by atoms with van der Waals surface area (Å²) in [5, 5.41) is 2.08.